The van der Waals surface area contributed by atoms with Crippen LogP contribution in [-0.2, 0) is 4.74 Å². The maximum Gasteiger partial charge on any atom is 0.407 e. The number of aromatic nitrogens is 1. The van der Waals surface area contributed by atoms with Crippen molar-refractivity contribution in [1.82, 2.24) is 10.3 Å². The lowest BCUT2D eigenvalue weighted by molar-refractivity contribution is 0.0696. The fourth-order valence-electron chi connectivity index (χ4n) is 1.25. The van der Waals surface area contributed by atoms with Crippen LogP contribution in [0.5, 0.6) is 0 Å². The first-order valence-corrected chi connectivity index (χ1v) is 5.28. The number of carbonyl (C=O) groups excluding carboxylic acids is 1. The number of hydrogen-bond acceptors (Lipinski definition) is 4. The summed E-state index contributed by atoms with van der Waals surface area (Å²) in [6.07, 6.45) is 2.23. The van der Waals surface area contributed by atoms with Gasteiger partial charge in [-0.3, -0.25) is 4.98 Å². The minimum Gasteiger partial charge on any atom is -0.478 e. The number of alkyl carbamates (subject to hydrolysis) is 1. The molecule has 1 aromatic heterocycles. The van der Waals surface area contributed by atoms with Gasteiger partial charge in [0.2, 0.25) is 0 Å². The van der Waals surface area contributed by atoms with Gasteiger partial charge in [-0.15, -0.1) is 0 Å². The summed E-state index contributed by atoms with van der Waals surface area (Å²) < 4.78 is 4.75. The number of amides is 1. The van der Waals surface area contributed by atoms with E-state index in [0.29, 0.717) is 5.69 Å². The van der Waals surface area contributed by atoms with Crippen molar-refractivity contribution in [2.45, 2.75) is 13.0 Å². The molecule has 0 aliphatic rings. The normalized spacial score (nSPS) is 11.4. The Kier molecular flexibility index (Phi) is 4.86. The predicted molar refractivity (Wildman–Crippen MR) is 64.3 cm³/mol. The van der Waals surface area contributed by atoms with E-state index in [2.05, 4.69) is 16.9 Å². The van der Waals surface area contributed by atoms with Crippen LogP contribution in [-0.4, -0.2) is 28.8 Å². The molecule has 1 rings (SSSR count). The summed E-state index contributed by atoms with van der Waals surface area (Å²) in [5.74, 6) is -1.04. The number of rotatable bonds is 5. The van der Waals surface area contributed by atoms with Crippen LogP contribution in [0.1, 0.15) is 29.0 Å². The lowest BCUT2D eigenvalue weighted by atomic mass is 10.1. The molecule has 0 aliphatic carbocycles. The monoisotopic (exact) mass is 250 g/mol. The van der Waals surface area contributed by atoms with E-state index in [1.807, 2.05) is 0 Å². The molecule has 0 radical (unpaired) electrons. The van der Waals surface area contributed by atoms with Gasteiger partial charge in [-0.2, -0.15) is 0 Å². The summed E-state index contributed by atoms with van der Waals surface area (Å²) in [7, 11) is 0. The first-order valence-electron chi connectivity index (χ1n) is 5.28. The SMILES string of the molecule is C=CCOC(=O)NC(C)c1cc(C(=O)O)ccn1. The molecule has 2 N–H and O–H groups in total. The minimum absolute atomic E-state index is 0.112. The van der Waals surface area contributed by atoms with Crippen LogP contribution in [0.25, 0.3) is 0 Å². The van der Waals surface area contributed by atoms with E-state index >= 15 is 0 Å². The average Bonchev–Trinajstić information content (AvgIpc) is 2.36. The van der Waals surface area contributed by atoms with Crippen LogP contribution in [0.4, 0.5) is 4.79 Å². The van der Waals surface area contributed by atoms with Gasteiger partial charge in [-0.25, -0.2) is 9.59 Å². The average molecular weight is 250 g/mol. The number of carboxylic acids is 1. The summed E-state index contributed by atoms with van der Waals surface area (Å²) >= 11 is 0. The number of ether oxygens (including phenoxy) is 1. The molecule has 1 heterocycles. The second-order valence-corrected chi connectivity index (χ2v) is 3.53. The van der Waals surface area contributed by atoms with E-state index in [1.165, 1.54) is 24.4 Å². The van der Waals surface area contributed by atoms with Crippen molar-refractivity contribution in [2.24, 2.45) is 0 Å². The number of pyridine rings is 1. The van der Waals surface area contributed by atoms with Crippen molar-refractivity contribution >= 4 is 12.1 Å². The second kappa shape index (κ2) is 6.39. The molecule has 0 bridgehead atoms. The maximum absolute atomic E-state index is 11.3. The van der Waals surface area contributed by atoms with Crippen LogP contribution in [0.3, 0.4) is 0 Å². The highest BCUT2D eigenvalue weighted by Crippen LogP contribution is 2.11. The van der Waals surface area contributed by atoms with Crippen LogP contribution in [0, 0.1) is 0 Å². The van der Waals surface area contributed by atoms with Crippen molar-refractivity contribution in [3.8, 4) is 0 Å². The van der Waals surface area contributed by atoms with Gasteiger partial charge >= 0.3 is 12.1 Å². The summed E-state index contributed by atoms with van der Waals surface area (Å²) in [6, 6.07) is 2.34. The Bertz CT molecular complexity index is 459. The smallest absolute Gasteiger partial charge is 0.407 e. The van der Waals surface area contributed by atoms with E-state index in [1.54, 1.807) is 6.92 Å². The Balaban J connectivity index is 2.68. The molecule has 0 saturated carbocycles. The molecule has 6 heteroatoms. The van der Waals surface area contributed by atoms with E-state index < -0.39 is 18.1 Å². The Morgan fingerprint density at radius 2 is 2.39 bits per heavy atom. The molecule has 0 aromatic carbocycles. The Hall–Kier alpha value is -2.37. The zero-order valence-electron chi connectivity index (χ0n) is 9.92. The van der Waals surface area contributed by atoms with E-state index in [4.69, 9.17) is 9.84 Å². The number of aromatic carboxylic acids is 1. The van der Waals surface area contributed by atoms with Crippen LogP contribution >= 0.6 is 0 Å². The zero-order chi connectivity index (χ0) is 13.5. The molecule has 0 saturated heterocycles. The summed E-state index contributed by atoms with van der Waals surface area (Å²) in [5.41, 5.74) is 0.568. The van der Waals surface area contributed by atoms with Crippen molar-refractivity contribution in [2.75, 3.05) is 6.61 Å². The second-order valence-electron chi connectivity index (χ2n) is 3.53. The van der Waals surface area contributed by atoms with Gasteiger partial charge in [0.25, 0.3) is 0 Å². The first-order chi connectivity index (χ1) is 8.54. The third-order valence-electron chi connectivity index (χ3n) is 2.14. The lowest BCUT2D eigenvalue weighted by Gasteiger charge is -2.13. The van der Waals surface area contributed by atoms with Crippen molar-refractivity contribution in [3.63, 3.8) is 0 Å². The van der Waals surface area contributed by atoms with E-state index in [0.717, 1.165) is 0 Å². The lowest BCUT2D eigenvalue weighted by Crippen LogP contribution is -2.28. The number of nitrogens with one attached hydrogen (secondary N) is 1. The molecular weight excluding hydrogens is 236 g/mol. The molecule has 1 aromatic rings. The van der Waals surface area contributed by atoms with Crippen molar-refractivity contribution in [3.05, 3.63) is 42.2 Å². The fourth-order valence-corrected chi connectivity index (χ4v) is 1.25. The molecule has 1 amide bonds. The van der Waals surface area contributed by atoms with Crippen molar-refractivity contribution in [1.29, 1.82) is 0 Å². The third kappa shape index (κ3) is 3.89. The van der Waals surface area contributed by atoms with Crippen molar-refractivity contribution < 1.29 is 19.4 Å². The number of carbonyl (C=O) groups is 2. The van der Waals surface area contributed by atoms with Gasteiger partial charge in [0.15, 0.2) is 0 Å². The topological polar surface area (TPSA) is 88.5 Å². The molecule has 96 valence electrons. The number of nitrogens with zero attached hydrogens (tertiary/aromatic N) is 1. The standard InChI is InChI=1S/C12H14N2O4/c1-3-6-18-12(17)14-8(2)10-7-9(11(15)16)4-5-13-10/h3-5,7-8H,1,6H2,2H3,(H,14,17)(H,15,16). The van der Waals surface area contributed by atoms with Crippen LogP contribution in [0.2, 0.25) is 0 Å². The van der Waals surface area contributed by atoms with Crippen LogP contribution in [0.15, 0.2) is 31.0 Å². The van der Waals surface area contributed by atoms with Gasteiger partial charge in [0.05, 0.1) is 17.3 Å². The highest BCUT2D eigenvalue weighted by molar-refractivity contribution is 5.87. The van der Waals surface area contributed by atoms with E-state index in [9.17, 15) is 9.59 Å². The molecule has 6 nitrogen and oxygen atoms in total. The molecular formula is C12H14N2O4. The first kappa shape index (κ1) is 13.7. The van der Waals surface area contributed by atoms with E-state index in [-0.39, 0.29) is 12.2 Å². The zero-order valence-corrected chi connectivity index (χ0v) is 9.92. The molecule has 0 fully saturated rings. The summed E-state index contributed by atoms with van der Waals surface area (Å²) in [6.45, 7) is 5.21. The van der Waals surface area contributed by atoms with Gasteiger partial charge in [0, 0.05) is 6.20 Å². The minimum atomic E-state index is -1.04. The molecule has 1 atom stereocenters. The van der Waals surface area contributed by atoms with Crippen LogP contribution < -0.4 is 5.32 Å². The molecule has 0 aliphatic heterocycles. The van der Waals surface area contributed by atoms with Gasteiger partial charge < -0.3 is 15.2 Å². The highest BCUT2D eigenvalue weighted by Gasteiger charge is 2.13. The Morgan fingerprint density at radius 1 is 1.67 bits per heavy atom. The largest absolute Gasteiger partial charge is 0.478 e. The predicted octanol–water partition coefficient (Wildman–Crippen LogP) is 1.75. The molecule has 18 heavy (non-hydrogen) atoms. The van der Waals surface area contributed by atoms with Gasteiger partial charge in [-0.1, -0.05) is 12.7 Å². The summed E-state index contributed by atoms with van der Waals surface area (Å²) in [4.78, 5) is 26.1. The summed E-state index contributed by atoms with van der Waals surface area (Å²) in [5, 5.41) is 11.4. The van der Waals surface area contributed by atoms with Gasteiger partial charge in [0.1, 0.15) is 6.61 Å². The molecule has 1 unspecified atom stereocenters. The highest BCUT2D eigenvalue weighted by atomic mass is 16.5. The third-order valence-corrected chi connectivity index (χ3v) is 2.14. The maximum atomic E-state index is 11.3. The Morgan fingerprint density at radius 3 is 3.00 bits per heavy atom. The fraction of sp³-hybridized carbons (Fsp3) is 0.250. The quantitative estimate of drug-likeness (QED) is 0.777. The number of carboxylic acid groups (broad SMARTS) is 1. The molecule has 0 spiro atoms. The van der Waals surface area contributed by atoms with Gasteiger partial charge in [-0.05, 0) is 19.1 Å². The Labute approximate surface area is 104 Å². The number of hydrogen-bond donors (Lipinski definition) is 2.